The quantitative estimate of drug-likeness (QED) is 0.373. The van der Waals surface area contributed by atoms with Crippen LogP contribution in [0.4, 0.5) is 5.13 Å². The molecule has 3 aromatic carbocycles. The fourth-order valence-electron chi connectivity index (χ4n) is 3.33. The Kier molecular flexibility index (Phi) is 6.81. The zero-order valence-electron chi connectivity index (χ0n) is 17.7. The fourth-order valence-corrected chi connectivity index (χ4v) is 4.24. The Hall–Kier alpha value is -4.28. The molecular weight excluding hydrogens is 452 g/mol. The number of carbonyl (C=O) groups is 1. The Morgan fingerprint density at radius 3 is 2.15 bits per heavy atom. The van der Waals surface area contributed by atoms with Crippen molar-refractivity contribution in [1.29, 1.82) is 10.5 Å². The summed E-state index contributed by atoms with van der Waals surface area (Å²) in [5, 5.41) is 40.2. The van der Waals surface area contributed by atoms with Gasteiger partial charge in [-0.1, -0.05) is 23.5 Å². The number of carbonyl (C=O) groups excluding carboxylic acids is 1. The van der Waals surface area contributed by atoms with Crippen LogP contribution < -0.4 is 10.1 Å². The monoisotopic (exact) mass is 470 g/mol. The number of nitriles is 2. The standard InChI is InChI=1S/C25H18N4O4S/c26-11-15-1-5-17(6-2-15)23(33-20-7-3-16(12-27)4-8-20)24(32)29-25-28-21-9-18(13-30)19(14-31)10-22(21)34-25/h1-10,23,30-31H,13-14H2,(H,28,29,32). The minimum Gasteiger partial charge on any atom is -0.476 e. The largest absolute Gasteiger partial charge is 0.476 e. The van der Waals surface area contributed by atoms with Crippen molar-refractivity contribution < 1.29 is 19.7 Å². The highest BCUT2D eigenvalue weighted by atomic mass is 32.1. The molecule has 168 valence electrons. The molecule has 0 aliphatic heterocycles. The van der Waals surface area contributed by atoms with Crippen LogP contribution in [0.5, 0.6) is 5.75 Å². The van der Waals surface area contributed by atoms with E-state index in [0.717, 1.165) is 4.70 Å². The topological polar surface area (TPSA) is 139 Å². The number of ether oxygens (including phenoxy) is 1. The first-order valence-corrected chi connectivity index (χ1v) is 11.0. The normalized spacial score (nSPS) is 11.4. The molecule has 1 heterocycles. The summed E-state index contributed by atoms with van der Waals surface area (Å²) in [7, 11) is 0. The number of benzene rings is 3. The number of aliphatic hydroxyl groups is 2. The zero-order valence-corrected chi connectivity index (χ0v) is 18.5. The molecule has 0 fully saturated rings. The lowest BCUT2D eigenvalue weighted by atomic mass is 10.1. The van der Waals surface area contributed by atoms with Gasteiger partial charge in [-0.25, -0.2) is 4.98 Å². The Bertz CT molecular complexity index is 1380. The Labute approximate surface area is 198 Å². The fraction of sp³-hybridized carbons (Fsp3) is 0.120. The predicted octanol–water partition coefficient (Wildman–Crippen LogP) is 3.78. The second kappa shape index (κ2) is 10.1. The lowest BCUT2D eigenvalue weighted by molar-refractivity contribution is -0.123. The van der Waals surface area contributed by atoms with Gasteiger partial charge >= 0.3 is 0 Å². The minimum atomic E-state index is -1.05. The van der Waals surface area contributed by atoms with Crippen LogP contribution in [0.1, 0.15) is 33.9 Å². The number of aromatic nitrogens is 1. The molecular formula is C25H18N4O4S. The van der Waals surface area contributed by atoms with E-state index in [1.54, 1.807) is 60.7 Å². The van der Waals surface area contributed by atoms with E-state index in [-0.39, 0.29) is 13.2 Å². The molecule has 0 saturated carbocycles. The van der Waals surface area contributed by atoms with Gasteiger partial charge in [0.1, 0.15) is 5.75 Å². The molecule has 1 amide bonds. The summed E-state index contributed by atoms with van der Waals surface area (Å²) in [6, 6.07) is 20.4. The number of nitrogens with zero attached hydrogens (tertiary/aromatic N) is 3. The van der Waals surface area contributed by atoms with E-state index in [9.17, 15) is 15.0 Å². The number of thiazole rings is 1. The van der Waals surface area contributed by atoms with Crippen molar-refractivity contribution in [2.45, 2.75) is 19.3 Å². The van der Waals surface area contributed by atoms with Crippen molar-refractivity contribution in [1.82, 2.24) is 4.98 Å². The number of amides is 1. The molecule has 0 saturated heterocycles. The second-order valence-corrected chi connectivity index (χ2v) is 8.31. The van der Waals surface area contributed by atoms with E-state index in [2.05, 4.69) is 10.3 Å². The average Bonchev–Trinajstić information content (AvgIpc) is 3.27. The maximum atomic E-state index is 13.3. The average molecular weight is 471 g/mol. The van der Waals surface area contributed by atoms with Crippen LogP contribution >= 0.6 is 11.3 Å². The molecule has 4 aromatic rings. The molecule has 0 spiro atoms. The first-order valence-electron chi connectivity index (χ1n) is 10.2. The molecule has 0 radical (unpaired) electrons. The van der Waals surface area contributed by atoms with Crippen molar-refractivity contribution in [2.24, 2.45) is 0 Å². The van der Waals surface area contributed by atoms with Crippen LogP contribution in [-0.4, -0.2) is 21.1 Å². The Balaban J connectivity index is 1.64. The first-order chi connectivity index (χ1) is 16.5. The Morgan fingerprint density at radius 2 is 1.56 bits per heavy atom. The molecule has 1 unspecified atom stereocenters. The number of hydrogen-bond donors (Lipinski definition) is 3. The van der Waals surface area contributed by atoms with Gasteiger partial charge in [0, 0.05) is 5.56 Å². The van der Waals surface area contributed by atoms with Crippen LogP contribution in [0.15, 0.2) is 60.7 Å². The maximum Gasteiger partial charge on any atom is 0.271 e. The lowest BCUT2D eigenvalue weighted by Crippen LogP contribution is -2.25. The highest BCUT2D eigenvalue weighted by molar-refractivity contribution is 7.22. The summed E-state index contributed by atoms with van der Waals surface area (Å²) in [5.41, 5.74) is 3.20. The van der Waals surface area contributed by atoms with Gasteiger partial charge in [0.25, 0.3) is 5.91 Å². The third-order valence-electron chi connectivity index (χ3n) is 5.10. The highest BCUT2D eigenvalue weighted by Gasteiger charge is 2.24. The van der Waals surface area contributed by atoms with Crippen molar-refractivity contribution in [3.8, 4) is 17.9 Å². The van der Waals surface area contributed by atoms with Gasteiger partial charge in [-0.2, -0.15) is 10.5 Å². The number of anilines is 1. The molecule has 9 heteroatoms. The van der Waals surface area contributed by atoms with Gasteiger partial charge in [0.15, 0.2) is 5.13 Å². The molecule has 8 nitrogen and oxygen atoms in total. The number of hydrogen-bond acceptors (Lipinski definition) is 8. The summed E-state index contributed by atoms with van der Waals surface area (Å²) in [5.74, 6) is -0.0779. The van der Waals surface area contributed by atoms with Gasteiger partial charge in [-0.05, 0) is 59.7 Å². The smallest absolute Gasteiger partial charge is 0.271 e. The van der Waals surface area contributed by atoms with E-state index in [1.807, 2.05) is 12.1 Å². The van der Waals surface area contributed by atoms with E-state index < -0.39 is 12.0 Å². The molecule has 0 bridgehead atoms. The summed E-state index contributed by atoms with van der Waals surface area (Å²) in [4.78, 5) is 17.7. The second-order valence-electron chi connectivity index (χ2n) is 7.28. The van der Waals surface area contributed by atoms with Gasteiger partial charge in [0.2, 0.25) is 6.10 Å². The van der Waals surface area contributed by atoms with Gasteiger partial charge in [-0.3, -0.25) is 10.1 Å². The number of nitrogens with one attached hydrogen (secondary N) is 1. The third-order valence-corrected chi connectivity index (χ3v) is 6.03. The number of aliphatic hydroxyl groups excluding tert-OH is 2. The van der Waals surface area contributed by atoms with Crippen LogP contribution in [0.2, 0.25) is 0 Å². The maximum absolute atomic E-state index is 13.3. The molecule has 3 N–H and O–H groups in total. The molecule has 4 rings (SSSR count). The van der Waals surface area contributed by atoms with Gasteiger partial charge in [0.05, 0.1) is 46.7 Å². The minimum absolute atomic E-state index is 0.218. The van der Waals surface area contributed by atoms with Crippen molar-refractivity contribution >= 4 is 32.6 Å². The van der Waals surface area contributed by atoms with Crippen LogP contribution in [0.25, 0.3) is 10.2 Å². The molecule has 1 atom stereocenters. The Morgan fingerprint density at radius 1 is 0.971 bits per heavy atom. The number of fused-ring (bicyclic) bond motifs is 1. The van der Waals surface area contributed by atoms with Crippen LogP contribution in [0, 0.1) is 22.7 Å². The van der Waals surface area contributed by atoms with E-state index in [1.165, 1.54) is 11.3 Å². The van der Waals surface area contributed by atoms with E-state index in [0.29, 0.717) is 44.2 Å². The van der Waals surface area contributed by atoms with E-state index >= 15 is 0 Å². The molecule has 0 aliphatic carbocycles. The molecule has 0 aliphatic rings. The highest BCUT2D eigenvalue weighted by Crippen LogP contribution is 2.31. The van der Waals surface area contributed by atoms with Gasteiger partial charge < -0.3 is 14.9 Å². The third kappa shape index (κ3) is 4.87. The SMILES string of the molecule is N#Cc1ccc(OC(C(=O)Nc2nc3cc(CO)c(CO)cc3s2)c2ccc(C#N)cc2)cc1. The van der Waals surface area contributed by atoms with Crippen molar-refractivity contribution in [3.05, 3.63) is 88.5 Å². The first kappa shape index (κ1) is 22.9. The molecule has 34 heavy (non-hydrogen) atoms. The van der Waals surface area contributed by atoms with Crippen LogP contribution in [-0.2, 0) is 18.0 Å². The summed E-state index contributed by atoms with van der Waals surface area (Å²) in [6.07, 6.45) is -1.05. The number of rotatable bonds is 7. The summed E-state index contributed by atoms with van der Waals surface area (Å²) < 4.78 is 6.71. The van der Waals surface area contributed by atoms with Gasteiger partial charge in [-0.15, -0.1) is 0 Å². The molecule has 1 aromatic heterocycles. The van der Waals surface area contributed by atoms with Crippen molar-refractivity contribution in [2.75, 3.05) is 5.32 Å². The van der Waals surface area contributed by atoms with E-state index in [4.69, 9.17) is 15.3 Å². The summed E-state index contributed by atoms with van der Waals surface area (Å²) in [6.45, 7) is -0.450. The predicted molar refractivity (Wildman–Crippen MR) is 126 cm³/mol. The lowest BCUT2D eigenvalue weighted by Gasteiger charge is -2.18. The summed E-state index contributed by atoms with van der Waals surface area (Å²) >= 11 is 1.23. The van der Waals surface area contributed by atoms with Crippen molar-refractivity contribution in [3.63, 3.8) is 0 Å². The van der Waals surface area contributed by atoms with Crippen LogP contribution in [0.3, 0.4) is 0 Å². The zero-order chi connectivity index (χ0) is 24.1.